The molecule has 5 heteroatoms. The molecular weight excluding hydrogens is 350 g/mol. The van der Waals surface area contributed by atoms with Crippen LogP contribution < -0.4 is 0 Å². The number of hydrogen-bond donors (Lipinski definition) is 1. The predicted octanol–water partition coefficient (Wildman–Crippen LogP) is 6.32. The molecule has 0 saturated carbocycles. The second kappa shape index (κ2) is 7.59. The average molecular weight is 366 g/mol. The summed E-state index contributed by atoms with van der Waals surface area (Å²) in [7, 11) is 0. The van der Waals surface area contributed by atoms with Gasteiger partial charge in [0.15, 0.2) is 0 Å². The van der Waals surface area contributed by atoms with Crippen LogP contribution in [-0.2, 0) is 0 Å². The monoisotopic (exact) mass is 366 g/mol. The molecule has 0 bridgehead atoms. The molecule has 0 aliphatic heterocycles. The van der Waals surface area contributed by atoms with E-state index in [1.165, 1.54) is 0 Å². The minimum absolute atomic E-state index is 0.145. The number of rotatable bonds is 4. The van der Waals surface area contributed by atoms with Crippen LogP contribution >= 0.6 is 11.8 Å². The van der Waals surface area contributed by atoms with Crippen molar-refractivity contribution in [1.82, 2.24) is 4.98 Å². The van der Waals surface area contributed by atoms with Gasteiger partial charge in [0.05, 0.1) is 10.5 Å². The number of nitrogens with zero attached hydrogens (tertiary/aromatic N) is 1. The zero-order valence-corrected chi connectivity index (χ0v) is 15.1. The van der Waals surface area contributed by atoms with Gasteiger partial charge in [0.1, 0.15) is 17.7 Å². The highest BCUT2D eigenvalue weighted by atomic mass is 32.2. The molecule has 1 heterocycles. The average Bonchev–Trinajstić information content (AvgIpc) is 3.08. The van der Waals surface area contributed by atoms with Crippen molar-refractivity contribution in [3.05, 3.63) is 77.0 Å². The summed E-state index contributed by atoms with van der Waals surface area (Å²) < 4.78 is 27.8. The van der Waals surface area contributed by atoms with E-state index in [0.717, 1.165) is 51.2 Å². The molecule has 0 aliphatic rings. The molecule has 0 unspecified atom stereocenters. The Morgan fingerprint density at radius 2 is 1.96 bits per heavy atom. The standard InChI is InChI=1S/C21H16F2N2S/c1-3-5-14-6-4-7-17(13(14)2)20-9-16(12-25-20)26-21-10-18(22)15(11-24)8-19(21)23/h3-10,12,25H,1-2H3/b5-3-. The molecule has 0 amide bonds. The van der Waals surface area contributed by atoms with Crippen molar-refractivity contribution in [2.45, 2.75) is 23.6 Å². The lowest BCUT2D eigenvalue weighted by molar-refractivity contribution is 0.574. The molecule has 2 aromatic carbocycles. The maximum atomic E-state index is 14.1. The zero-order valence-electron chi connectivity index (χ0n) is 14.3. The highest BCUT2D eigenvalue weighted by molar-refractivity contribution is 7.99. The number of allylic oxidation sites excluding steroid dienone is 1. The van der Waals surface area contributed by atoms with Crippen molar-refractivity contribution >= 4 is 17.8 Å². The van der Waals surface area contributed by atoms with Crippen LogP contribution in [0, 0.1) is 29.9 Å². The van der Waals surface area contributed by atoms with Crippen LogP contribution in [0.4, 0.5) is 8.78 Å². The fourth-order valence-electron chi connectivity index (χ4n) is 2.71. The molecule has 1 N–H and O–H groups in total. The minimum atomic E-state index is -0.720. The predicted molar refractivity (Wildman–Crippen MR) is 101 cm³/mol. The number of halogens is 2. The molecule has 0 radical (unpaired) electrons. The van der Waals surface area contributed by atoms with E-state index < -0.39 is 11.6 Å². The smallest absolute Gasteiger partial charge is 0.142 e. The molecule has 2 nitrogen and oxygen atoms in total. The van der Waals surface area contributed by atoms with Crippen molar-refractivity contribution in [2.24, 2.45) is 0 Å². The summed E-state index contributed by atoms with van der Waals surface area (Å²) in [6.45, 7) is 4.02. The Kier molecular flexibility index (Phi) is 5.24. The molecule has 3 aromatic rings. The molecule has 0 atom stereocenters. The van der Waals surface area contributed by atoms with Crippen LogP contribution in [-0.4, -0.2) is 4.98 Å². The number of nitrogens with one attached hydrogen (secondary N) is 1. The lowest BCUT2D eigenvalue weighted by Gasteiger charge is -2.07. The van der Waals surface area contributed by atoms with Crippen LogP contribution in [0.15, 0.2) is 58.5 Å². The summed E-state index contributed by atoms with van der Waals surface area (Å²) in [6.07, 6.45) is 5.80. The Morgan fingerprint density at radius 1 is 1.15 bits per heavy atom. The number of aromatic amines is 1. The van der Waals surface area contributed by atoms with Gasteiger partial charge in [-0.25, -0.2) is 8.78 Å². The third kappa shape index (κ3) is 3.56. The maximum Gasteiger partial charge on any atom is 0.142 e. The summed E-state index contributed by atoms with van der Waals surface area (Å²) in [6, 6.07) is 11.6. The lowest BCUT2D eigenvalue weighted by atomic mass is 10.00. The maximum absolute atomic E-state index is 14.1. The Balaban J connectivity index is 1.91. The third-order valence-corrected chi connectivity index (χ3v) is 5.04. The van der Waals surface area contributed by atoms with Gasteiger partial charge in [0.2, 0.25) is 0 Å². The third-order valence-electron chi connectivity index (χ3n) is 4.04. The van der Waals surface area contributed by atoms with E-state index >= 15 is 0 Å². The van der Waals surface area contributed by atoms with Crippen LogP contribution in [0.25, 0.3) is 17.3 Å². The fraction of sp³-hybridized carbons (Fsp3) is 0.0952. The van der Waals surface area contributed by atoms with Crippen molar-refractivity contribution in [3.8, 4) is 17.3 Å². The zero-order chi connectivity index (χ0) is 18.7. The van der Waals surface area contributed by atoms with Gasteiger partial charge in [0, 0.05) is 22.3 Å². The Morgan fingerprint density at radius 3 is 2.69 bits per heavy atom. The normalized spacial score (nSPS) is 11.0. The summed E-state index contributed by atoms with van der Waals surface area (Å²) in [5, 5.41) is 8.77. The largest absolute Gasteiger partial charge is 0.360 e. The molecule has 1 aromatic heterocycles. The summed E-state index contributed by atoms with van der Waals surface area (Å²) >= 11 is 1.11. The highest BCUT2D eigenvalue weighted by Gasteiger charge is 2.13. The van der Waals surface area contributed by atoms with Crippen molar-refractivity contribution in [2.75, 3.05) is 0 Å². The number of aromatic nitrogens is 1. The molecule has 0 spiro atoms. The van der Waals surface area contributed by atoms with Gasteiger partial charge in [-0.1, -0.05) is 42.1 Å². The van der Waals surface area contributed by atoms with Gasteiger partial charge in [-0.2, -0.15) is 5.26 Å². The topological polar surface area (TPSA) is 39.6 Å². The SMILES string of the molecule is C/C=C\c1cccc(-c2cc(Sc3cc(F)c(C#N)cc3F)c[nH]2)c1C. The van der Waals surface area contributed by atoms with Gasteiger partial charge >= 0.3 is 0 Å². The van der Waals surface area contributed by atoms with Gasteiger partial charge in [-0.05, 0) is 43.2 Å². The Bertz CT molecular complexity index is 1030. The Hall–Kier alpha value is -2.84. The highest BCUT2D eigenvalue weighted by Crippen LogP contribution is 2.34. The van der Waals surface area contributed by atoms with Crippen LogP contribution in [0.5, 0.6) is 0 Å². The van der Waals surface area contributed by atoms with E-state index in [2.05, 4.69) is 4.98 Å². The number of H-pyrrole nitrogens is 1. The molecule has 26 heavy (non-hydrogen) atoms. The van der Waals surface area contributed by atoms with Gasteiger partial charge in [-0.3, -0.25) is 0 Å². The van der Waals surface area contributed by atoms with E-state index in [4.69, 9.17) is 5.26 Å². The molecule has 0 saturated heterocycles. The van der Waals surface area contributed by atoms with E-state index in [1.807, 2.05) is 50.3 Å². The minimum Gasteiger partial charge on any atom is -0.360 e. The summed E-state index contributed by atoms with van der Waals surface area (Å²) in [5.74, 6) is -1.33. The lowest BCUT2D eigenvalue weighted by Crippen LogP contribution is -1.89. The van der Waals surface area contributed by atoms with Crippen molar-refractivity contribution < 1.29 is 8.78 Å². The van der Waals surface area contributed by atoms with E-state index in [0.29, 0.717) is 0 Å². The first-order chi connectivity index (χ1) is 12.5. The second-order valence-electron chi connectivity index (χ2n) is 5.75. The summed E-state index contributed by atoms with van der Waals surface area (Å²) in [4.78, 5) is 4.10. The molecule has 130 valence electrons. The molecule has 0 fully saturated rings. The van der Waals surface area contributed by atoms with E-state index in [1.54, 1.807) is 12.3 Å². The van der Waals surface area contributed by atoms with E-state index in [-0.39, 0.29) is 10.5 Å². The number of nitriles is 1. The van der Waals surface area contributed by atoms with Gasteiger partial charge < -0.3 is 4.98 Å². The second-order valence-corrected chi connectivity index (χ2v) is 6.86. The summed E-state index contributed by atoms with van der Waals surface area (Å²) in [5.41, 5.74) is 3.94. The quantitative estimate of drug-likeness (QED) is 0.586. The first-order valence-electron chi connectivity index (χ1n) is 8.01. The van der Waals surface area contributed by atoms with Gasteiger partial charge in [0.25, 0.3) is 0 Å². The van der Waals surface area contributed by atoms with Crippen molar-refractivity contribution in [1.29, 1.82) is 5.26 Å². The van der Waals surface area contributed by atoms with Crippen LogP contribution in [0.1, 0.15) is 23.6 Å². The fourth-order valence-corrected chi connectivity index (χ4v) is 3.58. The van der Waals surface area contributed by atoms with Crippen LogP contribution in [0.2, 0.25) is 0 Å². The van der Waals surface area contributed by atoms with Crippen molar-refractivity contribution in [3.63, 3.8) is 0 Å². The first-order valence-corrected chi connectivity index (χ1v) is 8.83. The number of benzene rings is 2. The van der Waals surface area contributed by atoms with Crippen LogP contribution in [0.3, 0.4) is 0 Å². The van der Waals surface area contributed by atoms with E-state index in [9.17, 15) is 8.78 Å². The first kappa shape index (κ1) is 18.0. The Labute approximate surface area is 155 Å². The molecule has 3 rings (SSSR count). The molecule has 0 aliphatic carbocycles. The molecular formula is C21H16F2N2S. The number of hydrogen-bond acceptors (Lipinski definition) is 2. The van der Waals surface area contributed by atoms with Gasteiger partial charge in [-0.15, -0.1) is 0 Å².